The van der Waals surface area contributed by atoms with Crippen molar-refractivity contribution in [2.24, 2.45) is 16.7 Å². The summed E-state index contributed by atoms with van der Waals surface area (Å²) in [6, 6.07) is 0. The van der Waals surface area contributed by atoms with Crippen LogP contribution in [-0.2, 0) is 32.6 Å². The van der Waals surface area contributed by atoms with Crippen molar-refractivity contribution in [3.63, 3.8) is 0 Å². The van der Waals surface area contributed by atoms with Crippen molar-refractivity contribution in [3.8, 4) is 0 Å². The Balaban J connectivity index is 1.92. The zero-order valence-corrected chi connectivity index (χ0v) is 27.6. The first kappa shape index (κ1) is 35.7. The predicted octanol–water partition coefficient (Wildman–Crippen LogP) is 1.83. The van der Waals surface area contributed by atoms with E-state index >= 15 is 0 Å². The number of phosphoric acid groups is 1. The Morgan fingerprint density at radius 3 is 2.31 bits per heavy atom. The molecule has 0 amide bonds. The molecular formula is C29H53NO11P+. The Morgan fingerprint density at radius 2 is 1.76 bits per heavy atom. The number of fused-ring (bicyclic) bond motifs is 3. The smallest absolute Gasteiger partial charge is 0.392 e. The third kappa shape index (κ3) is 6.20. The first-order valence-corrected chi connectivity index (χ1v) is 16.1. The summed E-state index contributed by atoms with van der Waals surface area (Å²) in [6.07, 6.45) is -2.29. The summed E-state index contributed by atoms with van der Waals surface area (Å²) in [6.45, 7) is 12.4. The van der Waals surface area contributed by atoms with Crippen molar-refractivity contribution in [3.05, 3.63) is 12.7 Å². The molecule has 1 saturated heterocycles. The number of likely N-dealkylation sites (N-methyl/N-ethyl adjacent to an activating group) is 1. The number of carbonyl (C=O) groups excluding carboxylic acids is 1. The Morgan fingerprint density at radius 1 is 1.14 bits per heavy atom. The standard InChI is InChI=1S/C29H52NO11P/c1-11-26(4)16-21(32)29(34)27(5)20(31)12-13-25(2,3)23(27)22(33)24(28(29,6)41-26)38-17-19(37-10)18-40-42(35,36)39-15-14-30(7,8)9/h11,19-20,22-24,31,33-34H,1,12-18H2,2-10H3/p+1/t19?,20-,22-,23?,24-,26-,27-,28+,29-/m0/s1. The lowest BCUT2D eigenvalue weighted by Crippen LogP contribution is -2.86. The molecule has 1 aliphatic heterocycles. The summed E-state index contributed by atoms with van der Waals surface area (Å²) in [5.41, 5.74) is -7.26. The summed E-state index contributed by atoms with van der Waals surface area (Å²) >= 11 is 0. The van der Waals surface area contributed by atoms with Crippen molar-refractivity contribution in [2.45, 2.75) is 95.1 Å². The van der Waals surface area contributed by atoms with E-state index in [2.05, 4.69) is 6.58 Å². The van der Waals surface area contributed by atoms with E-state index in [1.54, 1.807) is 13.8 Å². The molecule has 3 aliphatic rings. The summed E-state index contributed by atoms with van der Waals surface area (Å²) < 4.78 is 41.4. The van der Waals surface area contributed by atoms with Crippen LogP contribution in [0.4, 0.5) is 0 Å². The van der Waals surface area contributed by atoms with Gasteiger partial charge in [0.15, 0.2) is 11.4 Å². The highest BCUT2D eigenvalue weighted by molar-refractivity contribution is 7.47. The van der Waals surface area contributed by atoms with Gasteiger partial charge in [0.1, 0.15) is 31.0 Å². The Kier molecular flexibility index (Phi) is 10.1. The van der Waals surface area contributed by atoms with E-state index in [0.717, 1.165) is 0 Å². The number of hydrogen-bond acceptors (Lipinski definition) is 10. The maximum absolute atomic E-state index is 14.0. The molecule has 2 aliphatic carbocycles. The van der Waals surface area contributed by atoms with Gasteiger partial charge in [-0.3, -0.25) is 13.8 Å². The summed E-state index contributed by atoms with van der Waals surface area (Å²) in [5, 5.41) is 35.9. The molecule has 0 aromatic rings. The number of rotatable bonds is 12. The number of hydrogen-bond donors (Lipinski definition) is 4. The van der Waals surface area contributed by atoms with Crippen LogP contribution in [0.1, 0.15) is 53.9 Å². The molecule has 13 heteroatoms. The van der Waals surface area contributed by atoms with Crippen LogP contribution in [0.2, 0.25) is 0 Å². The fraction of sp³-hybridized carbons (Fsp3) is 0.897. The van der Waals surface area contributed by atoms with Crippen molar-refractivity contribution < 1.29 is 57.3 Å². The monoisotopic (exact) mass is 622 g/mol. The molecule has 0 bridgehead atoms. The van der Waals surface area contributed by atoms with E-state index in [1.807, 2.05) is 35.0 Å². The van der Waals surface area contributed by atoms with E-state index in [1.165, 1.54) is 20.1 Å². The Bertz CT molecular complexity index is 1060. The van der Waals surface area contributed by atoms with Gasteiger partial charge < -0.3 is 38.9 Å². The van der Waals surface area contributed by atoms with Gasteiger partial charge in [-0.2, -0.15) is 0 Å². The number of quaternary nitrogens is 1. The minimum absolute atomic E-state index is 0.00582. The molecule has 2 saturated carbocycles. The molecule has 3 rings (SSSR count). The molecule has 42 heavy (non-hydrogen) atoms. The number of carbonyl (C=O) groups is 1. The molecule has 244 valence electrons. The molecule has 10 atom stereocenters. The highest BCUT2D eigenvalue weighted by Gasteiger charge is 2.80. The Labute approximate surface area is 250 Å². The topological polar surface area (TPSA) is 161 Å². The largest absolute Gasteiger partial charge is 0.472 e. The number of Topliss-reactive ketones (excluding diaryl/α,β-unsaturated/α-hetero) is 1. The van der Waals surface area contributed by atoms with Gasteiger partial charge in [0.25, 0.3) is 0 Å². The van der Waals surface area contributed by atoms with E-state index in [0.29, 0.717) is 23.9 Å². The van der Waals surface area contributed by atoms with Crippen LogP contribution >= 0.6 is 7.82 Å². The van der Waals surface area contributed by atoms with Gasteiger partial charge in [0.05, 0.1) is 52.2 Å². The summed E-state index contributed by atoms with van der Waals surface area (Å²) in [7, 11) is 2.75. The predicted molar refractivity (Wildman–Crippen MR) is 154 cm³/mol. The van der Waals surface area contributed by atoms with E-state index < -0.39 is 71.6 Å². The normalized spacial score (nSPS) is 42.3. The average Bonchev–Trinajstić information content (AvgIpc) is 2.85. The van der Waals surface area contributed by atoms with Gasteiger partial charge >= 0.3 is 7.82 Å². The van der Waals surface area contributed by atoms with E-state index in [4.69, 9.17) is 23.3 Å². The fourth-order valence-electron chi connectivity index (χ4n) is 7.60. The van der Waals surface area contributed by atoms with E-state index in [-0.39, 0.29) is 26.2 Å². The molecule has 12 nitrogen and oxygen atoms in total. The summed E-state index contributed by atoms with van der Waals surface area (Å²) in [4.78, 5) is 24.2. The van der Waals surface area contributed by atoms with Crippen LogP contribution in [0, 0.1) is 16.7 Å². The highest BCUT2D eigenvalue weighted by Crippen LogP contribution is 2.67. The third-order valence-corrected chi connectivity index (χ3v) is 10.9. The van der Waals surface area contributed by atoms with Crippen molar-refractivity contribution in [2.75, 3.05) is 54.6 Å². The SMILES string of the molecule is C=C[C@@]1(C)CC(=O)[C@@]2(O)[C@](C)(O1)[C@@H](OCC(COP(=O)(O)OCC[N+](C)(C)C)OC)[C@@H](O)C1C(C)(C)CC[C@H](O)[C@@]12C. The zero-order chi connectivity index (χ0) is 32.2. The van der Waals surface area contributed by atoms with Crippen molar-refractivity contribution in [1.29, 1.82) is 0 Å². The van der Waals surface area contributed by atoms with Gasteiger partial charge in [-0.1, -0.05) is 26.8 Å². The fourth-order valence-corrected chi connectivity index (χ4v) is 8.34. The third-order valence-electron chi connectivity index (χ3n) is 9.96. The van der Waals surface area contributed by atoms with Gasteiger partial charge in [-0.05, 0) is 32.1 Å². The first-order chi connectivity index (χ1) is 19.0. The number of phosphoric ester groups is 1. The van der Waals surface area contributed by atoms with Crippen LogP contribution in [0.15, 0.2) is 12.7 Å². The lowest BCUT2D eigenvalue weighted by Gasteiger charge is -2.71. The average molecular weight is 623 g/mol. The lowest BCUT2D eigenvalue weighted by atomic mass is 9.40. The molecule has 0 spiro atoms. The maximum Gasteiger partial charge on any atom is 0.472 e. The highest BCUT2D eigenvalue weighted by atomic mass is 31.2. The molecule has 0 radical (unpaired) electrons. The molecular weight excluding hydrogens is 569 g/mol. The second-order valence-electron chi connectivity index (χ2n) is 14.6. The van der Waals surface area contributed by atoms with Crippen LogP contribution in [0.3, 0.4) is 0 Å². The number of aliphatic hydroxyl groups is 3. The van der Waals surface area contributed by atoms with Gasteiger partial charge in [-0.25, -0.2) is 4.57 Å². The maximum atomic E-state index is 14.0. The second kappa shape index (κ2) is 11.9. The second-order valence-corrected chi connectivity index (χ2v) is 16.0. The van der Waals surface area contributed by atoms with Crippen LogP contribution in [-0.4, -0.2) is 126 Å². The first-order valence-electron chi connectivity index (χ1n) is 14.6. The van der Waals surface area contributed by atoms with Crippen molar-refractivity contribution >= 4 is 13.6 Å². The minimum Gasteiger partial charge on any atom is -0.392 e. The molecule has 0 aromatic heterocycles. The van der Waals surface area contributed by atoms with Crippen molar-refractivity contribution in [1.82, 2.24) is 0 Å². The quantitative estimate of drug-likeness (QED) is 0.143. The van der Waals surface area contributed by atoms with Gasteiger partial charge in [0, 0.05) is 24.9 Å². The van der Waals surface area contributed by atoms with Crippen LogP contribution in [0.5, 0.6) is 0 Å². The van der Waals surface area contributed by atoms with Gasteiger partial charge in [-0.15, -0.1) is 6.58 Å². The lowest BCUT2D eigenvalue weighted by molar-refractivity contribution is -0.870. The van der Waals surface area contributed by atoms with Crippen LogP contribution in [0.25, 0.3) is 0 Å². The van der Waals surface area contributed by atoms with Gasteiger partial charge in [0.2, 0.25) is 0 Å². The number of methoxy groups -OCH3 is 1. The van der Waals surface area contributed by atoms with E-state index in [9.17, 15) is 29.6 Å². The molecule has 0 aromatic carbocycles. The molecule has 3 unspecified atom stereocenters. The molecule has 1 heterocycles. The minimum atomic E-state index is -4.39. The summed E-state index contributed by atoms with van der Waals surface area (Å²) in [5.74, 6) is -1.27. The number of nitrogens with zero attached hydrogens (tertiary/aromatic N) is 1. The Hall–Kier alpha value is -0.760. The molecule has 4 N–H and O–H groups in total. The number of aliphatic hydroxyl groups excluding tert-OH is 2. The zero-order valence-electron chi connectivity index (χ0n) is 26.7. The number of ketones is 1. The van der Waals surface area contributed by atoms with Crippen LogP contribution < -0.4 is 0 Å². The number of ether oxygens (including phenoxy) is 3. The molecule has 3 fully saturated rings.